The Balaban J connectivity index is 0.000000396. The summed E-state index contributed by atoms with van der Waals surface area (Å²) in [4.78, 5) is 39.4. The van der Waals surface area contributed by atoms with Crippen molar-refractivity contribution in [3.8, 4) is 0 Å². The maximum absolute atomic E-state index is 13.1. The van der Waals surface area contributed by atoms with Crippen molar-refractivity contribution >= 4 is 33.8 Å². The van der Waals surface area contributed by atoms with Crippen LogP contribution in [0.25, 0.3) is 0 Å². The van der Waals surface area contributed by atoms with Crippen LogP contribution < -0.4 is 11.1 Å². The minimum absolute atomic E-state index is 0.0105. The fraction of sp³-hybridized carbons (Fsp3) is 0.464. The third-order valence-corrected chi connectivity index (χ3v) is 8.24. The number of carboxylic acid groups (broad SMARTS) is 1. The summed E-state index contributed by atoms with van der Waals surface area (Å²) in [6.07, 6.45) is 3.86. The molecule has 2 heterocycles. The van der Waals surface area contributed by atoms with Gasteiger partial charge >= 0.3 is 12.0 Å². The Labute approximate surface area is 226 Å². The number of aliphatic carboxylic acids is 1. The Morgan fingerprint density at radius 2 is 1.68 bits per heavy atom. The fourth-order valence-corrected chi connectivity index (χ4v) is 4.94. The molecule has 9 heteroatoms. The number of likely N-dealkylation sites (tertiary alicyclic amines) is 1. The zero-order valence-corrected chi connectivity index (χ0v) is 22.7. The van der Waals surface area contributed by atoms with Crippen molar-refractivity contribution in [2.75, 3.05) is 19.6 Å². The number of imide groups is 1. The van der Waals surface area contributed by atoms with Crippen LogP contribution in [-0.4, -0.2) is 58.0 Å². The van der Waals surface area contributed by atoms with Crippen LogP contribution in [0.1, 0.15) is 56.2 Å². The number of nitrogens with zero attached hydrogens (tertiary/aromatic N) is 2. The van der Waals surface area contributed by atoms with Crippen LogP contribution in [0, 0.1) is 5.41 Å². The van der Waals surface area contributed by atoms with E-state index in [9.17, 15) is 14.4 Å². The van der Waals surface area contributed by atoms with Gasteiger partial charge in [0.1, 0.15) is 5.54 Å². The highest BCUT2D eigenvalue weighted by Gasteiger charge is 2.52. The number of nitrogens with one attached hydrogen (secondary N) is 1. The van der Waals surface area contributed by atoms with Crippen LogP contribution in [0.2, 0.25) is 0 Å². The molecule has 0 unspecified atom stereocenters. The first-order valence-corrected chi connectivity index (χ1v) is 13.6. The van der Waals surface area contributed by atoms with Crippen LogP contribution in [0.4, 0.5) is 4.79 Å². The number of hydrogen-bond donors (Lipinski definition) is 3. The van der Waals surface area contributed by atoms with Gasteiger partial charge in [0, 0.05) is 23.6 Å². The molecular weight excluding hydrogens is 536 g/mol. The SMILES string of the molecule is CC1(C(=O)O)CC1.N[C@@H](CCN1CCC2(CC1)NC(=O)N(Cc1ccc(Br)cc1)C2=O)c1ccccc1. The molecule has 1 atom stereocenters. The number of hydrogen-bond acceptors (Lipinski definition) is 5. The van der Waals surface area contributed by atoms with E-state index in [-0.39, 0.29) is 23.4 Å². The summed E-state index contributed by atoms with van der Waals surface area (Å²) >= 11 is 3.41. The fourth-order valence-electron chi connectivity index (χ4n) is 4.68. The number of halogens is 1. The van der Waals surface area contributed by atoms with Gasteiger partial charge < -0.3 is 21.1 Å². The first kappa shape index (κ1) is 27.3. The summed E-state index contributed by atoms with van der Waals surface area (Å²) in [5.41, 5.74) is 7.31. The first-order valence-electron chi connectivity index (χ1n) is 12.8. The molecule has 4 N–H and O–H groups in total. The number of nitrogens with two attached hydrogens (primary N) is 1. The average Bonchev–Trinajstić information content (AvgIpc) is 3.62. The second-order valence-corrected chi connectivity index (χ2v) is 11.5. The van der Waals surface area contributed by atoms with Crippen LogP contribution in [0.15, 0.2) is 59.1 Å². The zero-order chi connectivity index (χ0) is 26.6. The number of carboxylic acids is 1. The lowest BCUT2D eigenvalue weighted by molar-refractivity contribution is -0.142. The molecule has 8 nitrogen and oxygen atoms in total. The second kappa shape index (κ2) is 11.3. The summed E-state index contributed by atoms with van der Waals surface area (Å²) in [5, 5.41) is 11.3. The Kier molecular flexibility index (Phi) is 8.36. The minimum atomic E-state index is -0.759. The number of carbonyl (C=O) groups excluding carboxylic acids is 2. The summed E-state index contributed by atoms with van der Waals surface area (Å²) in [6, 6.07) is 17.5. The molecule has 0 radical (unpaired) electrons. The maximum Gasteiger partial charge on any atom is 0.325 e. The molecule has 1 spiro atoms. The highest BCUT2D eigenvalue weighted by molar-refractivity contribution is 9.10. The third-order valence-electron chi connectivity index (χ3n) is 7.71. The van der Waals surface area contributed by atoms with Gasteiger partial charge in [0.2, 0.25) is 0 Å². The van der Waals surface area contributed by atoms with Crippen molar-refractivity contribution in [1.29, 1.82) is 0 Å². The van der Waals surface area contributed by atoms with Gasteiger partial charge in [0.15, 0.2) is 0 Å². The number of rotatable bonds is 7. The molecule has 2 aromatic rings. The van der Waals surface area contributed by atoms with E-state index in [0.717, 1.165) is 54.5 Å². The highest BCUT2D eigenvalue weighted by Crippen LogP contribution is 2.44. The molecule has 2 aliphatic heterocycles. The van der Waals surface area contributed by atoms with Gasteiger partial charge in [0.05, 0.1) is 12.0 Å². The van der Waals surface area contributed by atoms with Crippen molar-refractivity contribution in [2.24, 2.45) is 11.1 Å². The molecule has 3 aliphatic rings. The van der Waals surface area contributed by atoms with Gasteiger partial charge in [-0.25, -0.2) is 4.79 Å². The second-order valence-electron chi connectivity index (χ2n) is 10.5. The van der Waals surface area contributed by atoms with Crippen LogP contribution in [0.3, 0.4) is 0 Å². The number of carbonyl (C=O) groups is 3. The van der Waals surface area contributed by atoms with Gasteiger partial charge in [-0.05, 0) is 68.8 Å². The Bertz CT molecular complexity index is 1110. The van der Waals surface area contributed by atoms with Crippen molar-refractivity contribution < 1.29 is 19.5 Å². The van der Waals surface area contributed by atoms with Crippen LogP contribution >= 0.6 is 15.9 Å². The quantitative estimate of drug-likeness (QED) is 0.427. The van der Waals surface area contributed by atoms with E-state index in [1.807, 2.05) is 42.5 Å². The molecule has 37 heavy (non-hydrogen) atoms. The van der Waals surface area contributed by atoms with Crippen molar-refractivity contribution in [3.05, 3.63) is 70.2 Å². The minimum Gasteiger partial charge on any atom is -0.481 e. The monoisotopic (exact) mass is 570 g/mol. The lowest BCUT2D eigenvalue weighted by Crippen LogP contribution is -2.55. The standard InChI is InChI=1S/C23H27BrN4O2.C5H8O2/c24-19-8-6-17(7-9-19)16-28-21(29)23(26-22(28)30)11-14-27(15-12-23)13-10-20(25)18-4-2-1-3-5-18;1-5(2-3-5)4(6)7/h1-9,20H,10-16,25H2,(H,26,30);2-3H2,1H3,(H,6,7)/t20-;/m0./s1. The van der Waals surface area contributed by atoms with Crippen molar-refractivity contribution in [3.63, 3.8) is 0 Å². The topological polar surface area (TPSA) is 116 Å². The molecule has 198 valence electrons. The first-order chi connectivity index (χ1) is 17.6. The molecule has 1 saturated carbocycles. The van der Waals surface area contributed by atoms with E-state index in [1.165, 1.54) is 4.90 Å². The van der Waals surface area contributed by atoms with E-state index in [0.29, 0.717) is 19.4 Å². The van der Waals surface area contributed by atoms with Gasteiger partial charge in [-0.2, -0.15) is 0 Å². The Hall–Kier alpha value is -2.75. The van der Waals surface area contributed by atoms with Gasteiger partial charge in [-0.3, -0.25) is 14.5 Å². The number of urea groups is 1. The van der Waals surface area contributed by atoms with Gasteiger partial charge in [-0.15, -0.1) is 0 Å². The molecule has 5 rings (SSSR count). The highest BCUT2D eigenvalue weighted by atomic mass is 79.9. The largest absolute Gasteiger partial charge is 0.481 e. The van der Waals surface area contributed by atoms with E-state index in [1.54, 1.807) is 6.92 Å². The van der Waals surface area contributed by atoms with Crippen molar-refractivity contribution in [1.82, 2.24) is 15.1 Å². The van der Waals surface area contributed by atoms with E-state index < -0.39 is 11.5 Å². The lowest BCUT2D eigenvalue weighted by atomic mass is 9.87. The summed E-state index contributed by atoms with van der Waals surface area (Å²) < 4.78 is 0.972. The Morgan fingerprint density at radius 3 is 2.22 bits per heavy atom. The Morgan fingerprint density at radius 1 is 1.05 bits per heavy atom. The predicted octanol–water partition coefficient (Wildman–Crippen LogP) is 4.30. The van der Waals surface area contributed by atoms with E-state index in [4.69, 9.17) is 10.8 Å². The number of benzene rings is 2. The summed E-state index contributed by atoms with van der Waals surface area (Å²) in [7, 11) is 0. The maximum atomic E-state index is 13.1. The van der Waals surface area contributed by atoms with Gasteiger partial charge in [-0.1, -0.05) is 58.4 Å². The molecule has 2 aromatic carbocycles. The van der Waals surface area contributed by atoms with E-state index in [2.05, 4.69) is 38.3 Å². The number of piperidine rings is 1. The third kappa shape index (κ3) is 6.58. The zero-order valence-electron chi connectivity index (χ0n) is 21.2. The van der Waals surface area contributed by atoms with E-state index >= 15 is 0 Å². The normalized spacial score (nSPS) is 20.7. The molecular formula is C28H35BrN4O4. The molecule has 3 amide bonds. The molecule has 1 aliphatic carbocycles. The molecule has 0 aromatic heterocycles. The molecule has 2 saturated heterocycles. The molecule has 3 fully saturated rings. The van der Waals surface area contributed by atoms with Crippen LogP contribution in [-0.2, 0) is 16.1 Å². The summed E-state index contributed by atoms with van der Waals surface area (Å²) in [6.45, 7) is 4.51. The van der Waals surface area contributed by atoms with Crippen molar-refractivity contribution in [2.45, 2.75) is 57.2 Å². The smallest absolute Gasteiger partial charge is 0.325 e. The summed E-state index contributed by atoms with van der Waals surface area (Å²) in [5.74, 6) is -0.747. The van der Waals surface area contributed by atoms with Crippen LogP contribution in [0.5, 0.6) is 0 Å². The lowest BCUT2D eigenvalue weighted by Gasteiger charge is -2.37. The predicted molar refractivity (Wildman–Crippen MR) is 145 cm³/mol. The number of amides is 3. The van der Waals surface area contributed by atoms with Gasteiger partial charge in [0.25, 0.3) is 5.91 Å². The average molecular weight is 572 g/mol. The molecule has 0 bridgehead atoms.